The molecule has 1 N–H and O–H groups in total. The van der Waals surface area contributed by atoms with Gasteiger partial charge in [-0.3, -0.25) is 14.9 Å². The number of aryl methyl sites for hydroxylation is 1. The third-order valence-corrected chi connectivity index (χ3v) is 5.62. The van der Waals surface area contributed by atoms with Crippen LogP contribution >= 0.6 is 0 Å². The number of carbonyl (C=O) groups excluding carboxylic acids is 1. The number of rotatable bonds is 6. The molecule has 0 saturated carbocycles. The number of nitro benzene ring substituents is 1. The number of benzene rings is 3. The van der Waals surface area contributed by atoms with E-state index in [4.69, 9.17) is 9.47 Å². The molecule has 4 aromatic rings. The van der Waals surface area contributed by atoms with Crippen molar-refractivity contribution < 1.29 is 19.2 Å². The molecule has 9 nitrogen and oxygen atoms in total. The number of hydrazone groups is 1. The van der Waals surface area contributed by atoms with E-state index in [0.29, 0.717) is 17.1 Å². The molecule has 0 spiro atoms. The number of ether oxygens (including phenoxy) is 2. The molecule has 0 saturated heterocycles. The maximum Gasteiger partial charge on any atom is 0.282 e. The lowest BCUT2D eigenvalue weighted by Crippen LogP contribution is -2.17. The van der Waals surface area contributed by atoms with E-state index in [1.807, 2.05) is 43.3 Å². The van der Waals surface area contributed by atoms with Crippen molar-refractivity contribution in [2.75, 3.05) is 6.79 Å². The molecule has 0 unspecified atom stereocenters. The number of fused-ring (bicyclic) bond motifs is 1. The zero-order valence-electron chi connectivity index (χ0n) is 18.7. The van der Waals surface area contributed by atoms with Crippen molar-refractivity contribution in [1.82, 2.24) is 9.99 Å². The van der Waals surface area contributed by atoms with Gasteiger partial charge in [-0.2, -0.15) is 5.10 Å². The highest BCUT2D eigenvalue weighted by Crippen LogP contribution is 2.37. The monoisotopic (exact) mass is 468 g/mol. The van der Waals surface area contributed by atoms with Crippen molar-refractivity contribution >= 4 is 17.8 Å². The molecule has 0 aliphatic carbocycles. The quantitative estimate of drug-likeness (QED) is 0.247. The van der Waals surface area contributed by atoms with Crippen molar-refractivity contribution in [3.8, 4) is 28.4 Å². The molecule has 174 valence electrons. The summed E-state index contributed by atoms with van der Waals surface area (Å²) in [6, 6.07) is 24.0. The number of nitro groups is 1. The first-order valence-electron chi connectivity index (χ1n) is 10.8. The number of aromatic nitrogens is 1. The van der Waals surface area contributed by atoms with Gasteiger partial charge in [0.2, 0.25) is 6.79 Å². The van der Waals surface area contributed by atoms with Gasteiger partial charge >= 0.3 is 0 Å². The maximum atomic E-state index is 12.6. The predicted octanol–water partition coefficient (Wildman–Crippen LogP) is 4.85. The van der Waals surface area contributed by atoms with Gasteiger partial charge in [-0.1, -0.05) is 30.3 Å². The molecular formula is C26H20N4O5. The summed E-state index contributed by atoms with van der Waals surface area (Å²) in [7, 11) is 0. The van der Waals surface area contributed by atoms with Crippen molar-refractivity contribution in [1.29, 1.82) is 0 Å². The van der Waals surface area contributed by atoms with Crippen molar-refractivity contribution in [3.05, 3.63) is 106 Å². The lowest BCUT2D eigenvalue weighted by Gasteiger charge is -2.12. The van der Waals surface area contributed by atoms with Crippen molar-refractivity contribution in [2.24, 2.45) is 5.10 Å². The minimum Gasteiger partial charge on any atom is -0.454 e. The first kappa shape index (κ1) is 21.9. The van der Waals surface area contributed by atoms with E-state index in [1.165, 1.54) is 18.3 Å². The number of carbonyl (C=O) groups is 1. The highest BCUT2D eigenvalue weighted by Gasteiger charge is 2.22. The van der Waals surface area contributed by atoms with Crippen molar-refractivity contribution in [3.63, 3.8) is 0 Å². The van der Waals surface area contributed by atoms with Crippen LogP contribution in [0.4, 0.5) is 5.69 Å². The van der Waals surface area contributed by atoms with Crippen LogP contribution in [0.5, 0.6) is 11.5 Å². The second kappa shape index (κ2) is 9.14. The lowest BCUT2D eigenvalue weighted by atomic mass is 10.1. The molecule has 0 bridgehead atoms. The number of amides is 1. The van der Waals surface area contributed by atoms with E-state index in [0.717, 1.165) is 22.6 Å². The predicted molar refractivity (Wildman–Crippen MR) is 130 cm³/mol. The number of nitrogens with zero attached hydrogens (tertiary/aromatic N) is 3. The zero-order chi connectivity index (χ0) is 24.4. The molecule has 1 aliphatic rings. The first-order chi connectivity index (χ1) is 17.0. The van der Waals surface area contributed by atoms with Gasteiger partial charge in [0, 0.05) is 16.9 Å². The Kier molecular flexibility index (Phi) is 5.72. The van der Waals surface area contributed by atoms with E-state index in [1.54, 1.807) is 12.1 Å². The average molecular weight is 468 g/mol. The number of nitrogens with one attached hydrogen (secondary N) is 1. The topological polar surface area (TPSA) is 108 Å². The van der Waals surface area contributed by atoms with Crippen molar-refractivity contribution in [2.45, 2.75) is 6.92 Å². The van der Waals surface area contributed by atoms with Gasteiger partial charge < -0.3 is 14.0 Å². The van der Waals surface area contributed by atoms with Gasteiger partial charge in [-0.05, 0) is 55.0 Å². The van der Waals surface area contributed by atoms with E-state index in [9.17, 15) is 14.9 Å². The average Bonchev–Trinajstić information content (AvgIpc) is 3.50. The maximum absolute atomic E-state index is 12.6. The summed E-state index contributed by atoms with van der Waals surface area (Å²) >= 11 is 0. The first-order valence-corrected chi connectivity index (χ1v) is 10.8. The fourth-order valence-electron chi connectivity index (χ4n) is 3.91. The van der Waals surface area contributed by atoms with Gasteiger partial charge in [0.25, 0.3) is 11.6 Å². The second-order valence-corrected chi connectivity index (χ2v) is 7.83. The lowest BCUT2D eigenvalue weighted by molar-refractivity contribution is -0.385. The normalized spacial score (nSPS) is 12.1. The SMILES string of the molecule is Cc1ccc(-c2ccccc2)n1-c1ccc(C(=O)N/N=C/c2cc3c(cc2[N+](=O)[O-])OCO3)cc1. The third kappa shape index (κ3) is 4.34. The van der Waals surface area contributed by atoms with Crippen LogP contribution in [0.3, 0.4) is 0 Å². The van der Waals surface area contributed by atoms with Gasteiger partial charge in [0.15, 0.2) is 11.5 Å². The standard InChI is InChI=1S/C26H20N4O5/c1-17-7-12-22(18-5-3-2-4-6-18)29(17)21-10-8-19(9-11-21)26(31)28-27-15-20-13-24-25(35-16-34-24)14-23(20)30(32)33/h2-15H,16H2,1H3,(H,28,31)/b27-15+. The minimum atomic E-state index is -0.545. The summed E-state index contributed by atoms with van der Waals surface area (Å²) in [5, 5.41) is 15.3. The minimum absolute atomic E-state index is 0.00477. The van der Waals surface area contributed by atoms with Crippen LogP contribution in [0.2, 0.25) is 0 Å². The van der Waals surface area contributed by atoms with Crippen LogP contribution in [0, 0.1) is 17.0 Å². The molecule has 0 radical (unpaired) electrons. The molecule has 1 aromatic heterocycles. The Morgan fingerprint density at radius 3 is 2.46 bits per heavy atom. The fourth-order valence-corrected chi connectivity index (χ4v) is 3.91. The highest BCUT2D eigenvalue weighted by atomic mass is 16.7. The van der Waals surface area contributed by atoms with Crippen LogP contribution in [-0.4, -0.2) is 28.4 Å². The summed E-state index contributed by atoms with van der Waals surface area (Å²) in [6.07, 6.45) is 1.21. The van der Waals surface area contributed by atoms with Gasteiger partial charge in [-0.25, -0.2) is 5.43 Å². The smallest absolute Gasteiger partial charge is 0.282 e. The highest BCUT2D eigenvalue weighted by molar-refractivity contribution is 5.95. The summed E-state index contributed by atoms with van der Waals surface area (Å²) < 4.78 is 12.6. The molecule has 2 heterocycles. The molecule has 0 atom stereocenters. The molecule has 9 heteroatoms. The van der Waals surface area contributed by atoms with Crippen LogP contribution in [-0.2, 0) is 0 Å². The third-order valence-electron chi connectivity index (χ3n) is 5.62. The van der Waals surface area contributed by atoms with E-state index in [2.05, 4.69) is 33.3 Å². The van der Waals surface area contributed by atoms with Crippen LogP contribution in [0.25, 0.3) is 16.9 Å². The van der Waals surface area contributed by atoms with Gasteiger partial charge in [-0.15, -0.1) is 0 Å². The van der Waals surface area contributed by atoms with E-state index >= 15 is 0 Å². The molecule has 5 rings (SSSR count). The summed E-state index contributed by atoms with van der Waals surface area (Å²) in [5.74, 6) is 0.240. The Hall–Kier alpha value is -4.92. The summed E-state index contributed by atoms with van der Waals surface area (Å²) in [5.41, 5.74) is 6.93. The van der Waals surface area contributed by atoms with E-state index in [-0.39, 0.29) is 18.0 Å². The Bertz CT molecular complexity index is 1440. The van der Waals surface area contributed by atoms with E-state index < -0.39 is 10.8 Å². The summed E-state index contributed by atoms with van der Waals surface area (Å²) in [6.45, 7) is 2.02. The molecule has 0 fully saturated rings. The zero-order valence-corrected chi connectivity index (χ0v) is 18.7. The number of hydrogen-bond acceptors (Lipinski definition) is 6. The molecular weight excluding hydrogens is 448 g/mol. The molecule has 1 aliphatic heterocycles. The Morgan fingerprint density at radius 1 is 1.03 bits per heavy atom. The Balaban J connectivity index is 1.33. The Morgan fingerprint density at radius 2 is 1.74 bits per heavy atom. The van der Waals surface area contributed by atoms with Crippen LogP contribution in [0.1, 0.15) is 21.6 Å². The Labute approximate surface area is 200 Å². The fraction of sp³-hybridized carbons (Fsp3) is 0.0769. The molecule has 1 amide bonds. The summed E-state index contributed by atoms with van der Waals surface area (Å²) in [4.78, 5) is 23.4. The van der Waals surface area contributed by atoms with Crippen LogP contribution < -0.4 is 14.9 Å². The number of hydrogen-bond donors (Lipinski definition) is 1. The van der Waals surface area contributed by atoms with Crippen LogP contribution in [0.15, 0.2) is 84.0 Å². The molecule has 3 aromatic carbocycles. The molecule has 35 heavy (non-hydrogen) atoms. The van der Waals surface area contributed by atoms with Gasteiger partial charge in [0.05, 0.1) is 28.5 Å². The second-order valence-electron chi connectivity index (χ2n) is 7.83. The largest absolute Gasteiger partial charge is 0.454 e. The van der Waals surface area contributed by atoms with Gasteiger partial charge in [0.1, 0.15) is 0 Å².